The highest BCUT2D eigenvalue weighted by atomic mass is 32.1. The first-order valence-electron chi connectivity index (χ1n) is 3.76. The fourth-order valence-corrected chi connectivity index (χ4v) is 1.01. The molecule has 0 saturated heterocycles. The zero-order valence-electron chi connectivity index (χ0n) is 7.13. The smallest absolute Gasteiger partial charge is 0.0432 e. The van der Waals surface area contributed by atoms with E-state index in [2.05, 4.69) is 44.5 Å². The van der Waals surface area contributed by atoms with Gasteiger partial charge in [0.15, 0.2) is 0 Å². The Morgan fingerprint density at radius 2 is 2.09 bits per heavy atom. The predicted molar refractivity (Wildman–Crippen MR) is 50.3 cm³/mol. The summed E-state index contributed by atoms with van der Waals surface area (Å²) in [6, 6.07) is 2.09. The second-order valence-electron chi connectivity index (χ2n) is 3.05. The number of aromatic nitrogens is 1. The summed E-state index contributed by atoms with van der Waals surface area (Å²) in [5, 5.41) is 0. The number of hydrogen-bond acceptors (Lipinski definition) is 2. The molecule has 0 fully saturated rings. The third-order valence-electron chi connectivity index (χ3n) is 1.70. The molecule has 0 saturated carbocycles. The minimum atomic E-state index is 0.502. The molecule has 0 N–H and O–H groups in total. The molecule has 0 spiro atoms. The molecule has 1 aromatic heterocycles. The molecule has 0 aliphatic rings. The maximum Gasteiger partial charge on any atom is 0.0432 e. The van der Waals surface area contributed by atoms with E-state index in [0.717, 1.165) is 10.6 Å². The van der Waals surface area contributed by atoms with Gasteiger partial charge in [0.05, 0.1) is 0 Å². The lowest BCUT2D eigenvalue weighted by molar-refractivity contribution is 0.814. The van der Waals surface area contributed by atoms with Crippen molar-refractivity contribution in [3.63, 3.8) is 0 Å². The summed E-state index contributed by atoms with van der Waals surface area (Å²) in [4.78, 5) is 5.23. The molecule has 1 nitrogen and oxygen atoms in total. The van der Waals surface area contributed by atoms with Crippen molar-refractivity contribution in [2.75, 3.05) is 0 Å². The first-order valence-corrected chi connectivity index (χ1v) is 4.21. The molecule has 1 heterocycles. The highest BCUT2D eigenvalue weighted by Crippen LogP contribution is 2.17. The van der Waals surface area contributed by atoms with E-state index in [4.69, 9.17) is 0 Å². The zero-order valence-corrected chi connectivity index (χ0v) is 8.02. The number of aryl methyl sites for hydroxylation is 1. The fourth-order valence-electron chi connectivity index (χ4n) is 0.886. The van der Waals surface area contributed by atoms with Gasteiger partial charge in [-0.3, -0.25) is 4.98 Å². The summed E-state index contributed by atoms with van der Waals surface area (Å²) in [6.45, 7) is 6.33. The molecule has 0 radical (unpaired) electrons. The van der Waals surface area contributed by atoms with Crippen molar-refractivity contribution in [1.82, 2.24) is 4.98 Å². The minimum Gasteiger partial charge on any atom is -0.260 e. The van der Waals surface area contributed by atoms with Crippen molar-refractivity contribution >= 4 is 12.6 Å². The Morgan fingerprint density at radius 1 is 1.45 bits per heavy atom. The predicted octanol–water partition coefficient (Wildman–Crippen LogP) is 2.80. The van der Waals surface area contributed by atoms with E-state index in [1.807, 2.05) is 6.20 Å². The van der Waals surface area contributed by atoms with Crippen LogP contribution in [-0.2, 0) is 0 Å². The van der Waals surface area contributed by atoms with Crippen molar-refractivity contribution in [3.8, 4) is 0 Å². The number of hydrogen-bond donors (Lipinski definition) is 1. The molecule has 0 aliphatic carbocycles. The van der Waals surface area contributed by atoms with Crippen LogP contribution in [0.25, 0.3) is 0 Å². The van der Waals surface area contributed by atoms with Gasteiger partial charge >= 0.3 is 0 Å². The number of thiol groups is 1. The van der Waals surface area contributed by atoms with Crippen LogP contribution in [0.4, 0.5) is 0 Å². The summed E-state index contributed by atoms with van der Waals surface area (Å²) in [5.74, 6) is 0.502. The standard InChI is InChI=1S/C9H13NS/c1-6(2)8-4-7(3)9(11)5-10-8/h4-6,11H,1-3H3. The molecule has 60 valence electrons. The molecule has 1 rings (SSSR count). The highest BCUT2D eigenvalue weighted by molar-refractivity contribution is 7.80. The first kappa shape index (κ1) is 8.60. The lowest BCUT2D eigenvalue weighted by atomic mass is 10.1. The van der Waals surface area contributed by atoms with Crippen molar-refractivity contribution in [2.45, 2.75) is 31.6 Å². The van der Waals surface area contributed by atoms with Crippen LogP contribution in [0.3, 0.4) is 0 Å². The van der Waals surface area contributed by atoms with Crippen LogP contribution in [0.1, 0.15) is 31.0 Å². The van der Waals surface area contributed by atoms with Crippen LogP contribution in [0, 0.1) is 6.92 Å². The molecule has 11 heavy (non-hydrogen) atoms. The Balaban J connectivity index is 3.05. The molecule has 0 atom stereocenters. The van der Waals surface area contributed by atoms with E-state index in [1.165, 1.54) is 5.56 Å². The van der Waals surface area contributed by atoms with Crippen LogP contribution >= 0.6 is 12.6 Å². The van der Waals surface area contributed by atoms with E-state index in [0.29, 0.717) is 5.92 Å². The van der Waals surface area contributed by atoms with Crippen LogP contribution < -0.4 is 0 Å². The SMILES string of the molecule is Cc1cc(C(C)C)ncc1S. The second kappa shape index (κ2) is 3.26. The van der Waals surface area contributed by atoms with Crippen LogP contribution in [0.15, 0.2) is 17.2 Å². The Bertz CT molecular complexity index is 256. The van der Waals surface area contributed by atoms with Crippen molar-refractivity contribution in [1.29, 1.82) is 0 Å². The Kier molecular flexibility index (Phi) is 2.55. The molecule has 2 heteroatoms. The van der Waals surface area contributed by atoms with Crippen molar-refractivity contribution in [3.05, 3.63) is 23.5 Å². The molecule has 0 aromatic carbocycles. The average Bonchev–Trinajstić information content (AvgIpc) is 1.94. The van der Waals surface area contributed by atoms with Gasteiger partial charge < -0.3 is 0 Å². The number of nitrogens with zero attached hydrogens (tertiary/aromatic N) is 1. The summed E-state index contributed by atoms with van der Waals surface area (Å²) in [6.07, 6.45) is 1.81. The lowest BCUT2D eigenvalue weighted by Gasteiger charge is -2.05. The highest BCUT2D eigenvalue weighted by Gasteiger charge is 2.01. The topological polar surface area (TPSA) is 12.9 Å². The molecule has 0 bridgehead atoms. The monoisotopic (exact) mass is 167 g/mol. The largest absolute Gasteiger partial charge is 0.260 e. The van der Waals surface area contributed by atoms with Gasteiger partial charge in [-0.2, -0.15) is 0 Å². The van der Waals surface area contributed by atoms with Gasteiger partial charge in [-0.15, -0.1) is 12.6 Å². The maximum absolute atomic E-state index is 4.26. The maximum atomic E-state index is 4.26. The van der Waals surface area contributed by atoms with Gasteiger partial charge in [0, 0.05) is 16.8 Å². The Labute approximate surface area is 73.3 Å². The summed E-state index contributed by atoms with van der Waals surface area (Å²) in [5.41, 5.74) is 2.34. The third-order valence-corrected chi connectivity index (χ3v) is 2.16. The van der Waals surface area contributed by atoms with Gasteiger partial charge in [0.25, 0.3) is 0 Å². The molecular weight excluding hydrogens is 154 g/mol. The van der Waals surface area contributed by atoms with E-state index >= 15 is 0 Å². The first-order chi connectivity index (χ1) is 5.11. The summed E-state index contributed by atoms with van der Waals surface area (Å²) >= 11 is 4.25. The third kappa shape index (κ3) is 1.96. The van der Waals surface area contributed by atoms with Crippen molar-refractivity contribution in [2.24, 2.45) is 0 Å². The summed E-state index contributed by atoms with van der Waals surface area (Å²) < 4.78 is 0. The molecule has 0 aliphatic heterocycles. The van der Waals surface area contributed by atoms with Gasteiger partial charge in [-0.25, -0.2) is 0 Å². The average molecular weight is 167 g/mol. The lowest BCUT2D eigenvalue weighted by Crippen LogP contribution is -1.93. The minimum absolute atomic E-state index is 0.502. The van der Waals surface area contributed by atoms with Gasteiger partial charge in [0.1, 0.15) is 0 Å². The normalized spacial score (nSPS) is 10.6. The molecule has 0 amide bonds. The Morgan fingerprint density at radius 3 is 2.55 bits per heavy atom. The number of pyridine rings is 1. The van der Waals surface area contributed by atoms with Gasteiger partial charge in [-0.1, -0.05) is 13.8 Å². The van der Waals surface area contributed by atoms with E-state index in [9.17, 15) is 0 Å². The van der Waals surface area contributed by atoms with E-state index in [-0.39, 0.29) is 0 Å². The molecule has 1 aromatic rings. The van der Waals surface area contributed by atoms with Crippen molar-refractivity contribution < 1.29 is 0 Å². The van der Waals surface area contributed by atoms with Gasteiger partial charge in [-0.05, 0) is 24.5 Å². The number of rotatable bonds is 1. The van der Waals surface area contributed by atoms with Crippen LogP contribution in [-0.4, -0.2) is 4.98 Å². The van der Waals surface area contributed by atoms with Crippen LogP contribution in [0.2, 0.25) is 0 Å². The van der Waals surface area contributed by atoms with Gasteiger partial charge in [0.2, 0.25) is 0 Å². The fraction of sp³-hybridized carbons (Fsp3) is 0.444. The van der Waals surface area contributed by atoms with Crippen LogP contribution in [0.5, 0.6) is 0 Å². The second-order valence-corrected chi connectivity index (χ2v) is 3.53. The van der Waals surface area contributed by atoms with E-state index in [1.54, 1.807) is 0 Å². The Hall–Kier alpha value is -0.500. The zero-order chi connectivity index (χ0) is 8.43. The van der Waals surface area contributed by atoms with E-state index < -0.39 is 0 Å². The summed E-state index contributed by atoms with van der Waals surface area (Å²) in [7, 11) is 0. The molecular formula is C9H13NS. The quantitative estimate of drug-likeness (QED) is 0.635. The molecule has 0 unspecified atom stereocenters.